The van der Waals surface area contributed by atoms with Gasteiger partial charge in [0.1, 0.15) is 5.60 Å². The van der Waals surface area contributed by atoms with E-state index >= 15 is 0 Å². The number of para-hydroxylation sites is 1. The molecule has 1 aliphatic carbocycles. The van der Waals surface area contributed by atoms with E-state index in [1.807, 2.05) is 29.2 Å². The fourth-order valence-corrected chi connectivity index (χ4v) is 6.99. The predicted octanol–water partition coefficient (Wildman–Crippen LogP) is 3.85. The highest BCUT2D eigenvalue weighted by atomic mass is 16.5. The van der Waals surface area contributed by atoms with E-state index in [0.717, 1.165) is 39.7 Å². The molecule has 1 unspecified atom stereocenters. The fraction of sp³-hybridized carbons (Fsp3) is 0.448. The summed E-state index contributed by atoms with van der Waals surface area (Å²) in [7, 11) is 1.38. The Morgan fingerprint density at radius 1 is 1.22 bits per heavy atom. The molecule has 0 radical (unpaired) electrons. The monoisotopic (exact) mass is 485 g/mol. The van der Waals surface area contributed by atoms with Gasteiger partial charge in [0.2, 0.25) is 0 Å². The molecule has 3 aliphatic rings. The van der Waals surface area contributed by atoms with Crippen LogP contribution in [-0.2, 0) is 32.9 Å². The molecule has 2 N–H and O–H groups in total. The van der Waals surface area contributed by atoms with E-state index in [2.05, 4.69) is 35.4 Å². The Balaban J connectivity index is 1.60. The summed E-state index contributed by atoms with van der Waals surface area (Å²) in [4.78, 5) is 18.6. The smallest absolute Gasteiger partial charge is 0.311 e. The lowest BCUT2D eigenvalue weighted by Gasteiger charge is -2.45. The van der Waals surface area contributed by atoms with Gasteiger partial charge in [0, 0.05) is 24.0 Å². The third-order valence-electron chi connectivity index (χ3n) is 8.68. The maximum absolute atomic E-state index is 13.1. The van der Waals surface area contributed by atoms with Crippen LogP contribution < -0.4 is 0 Å². The normalized spacial score (nSPS) is 29.8. The van der Waals surface area contributed by atoms with Gasteiger partial charge in [0.15, 0.2) is 6.19 Å². The second-order valence-electron chi connectivity index (χ2n) is 10.4. The van der Waals surface area contributed by atoms with Crippen molar-refractivity contribution in [3.05, 3.63) is 70.9 Å². The predicted molar refractivity (Wildman–Crippen MR) is 134 cm³/mol. The summed E-state index contributed by atoms with van der Waals surface area (Å²) in [6, 6.07) is 16.5. The number of ether oxygens (including phenoxy) is 2. The van der Waals surface area contributed by atoms with Crippen molar-refractivity contribution in [2.24, 2.45) is 17.8 Å². The molecule has 5 atom stereocenters. The molecule has 1 fully saturated rings. The molecule has 6 rings (SSSR count). The van der Waals surface area contributed by atoms with Crippen LogP contribution in [0.4, 0.5) is 0 Å². The van der Waals surface area contributed by atoms with Crippen LogP contribution in [0.5, 0.6) is 0 Å². The number of aliphatic hydroxyl groups excluding tert-OH is 1. The number of benzene rings is 2. The summed E-state index contributed by atoms with van der Waals surface area (Å²) in [6.07, 6.45) is 4.09. The summed E-state index contributed by atoms with van der Waals surface area (Å²) in [6.45, 7) is 1.62. The van der Waals surface area contributed by atoms with Crippen LogP contribution in [-0.4, -0.2) is 47.3 Å². The molecule has 1 spiro atoms. The highest BCUT2D eigenvalue weighted by Gasteiger charge is 2.52. The van der Waals surface area contributed by atoms with E-state index in [-0.39, 0.29) is 11.8 Å². The van der Waals surface area contributed by atoms with E-state index in [9.17, 15) is 15.2 Å². The van der Waals surface area contributed by atoms with Crippen LogP contribution in [0.3, 0.4) is 0 Å². The lowest BCUT2D eigenvalue weighted by Crippen LogP contribution is -2.49. The van der Waals surface area contributed by atoms with Gasteiger partial charge in [-0.2, -0.15) is 5.26 Å². The molecule has 1 saturated carbocycles. The molecule has 36 heavy (non-hydrogen) atoms. The number of carbonyl (C=O) groups is 1. The first-order valence-electron chi connectivity index (χ1n) is 12.8. The second kappa shape index (κ2) is 8.95. The number of aromatic nitrogens is 1. The van der Waals surface area contributed by atoms with Gasteiger partial charge in [-0.25, -0.2) is 0 Å². The first kappa shape index (κ1) is 23.1. The molecule has 0 bridgehead atoms. The zero-order chi connectivity index (χ0) is 24.9. The Bertz CT molecular complexity index is 1340. The van der Waals surface area contributed by atoms with E-state index < -0.39 is 23.6 Å². The summed E-state index contributed by atoms with van der Waals surface area (Å²) < 4.78 is 12.0. The van der Waals surface area contributed by atoms with Gasteiger partial charge >= 0.3 is 5.97 Å². The standard InChI is InChI=1S/C29H31N3O4/c1-35-28(34)26-22-14-29(23-8-4-2-6-19(23)16-36-29)27-21(20-7-3-5-9-24(20)31-27)12-13-32(17-30)15-18(22)10-11-25(26)33/h2-9,18,22,25-26,31,33H,10-16H2,1H3/t18-,22-,25-,26+,29?/m0/s1. The van der Waals surface area contributed by atoms with Crippen molar-refractivity contribution in [2.75, 3.05) is 20.2 Å². The van der Waals surface area contributed by atoms with Crippen molar-refractivity contribution < 1.29 is 19.4 Å². The van der Waals surface area contributed by atoms with Crippen molar-refractivity contribution in [2.45, 2.75) is 44.0 Å². The fourth-order valence-electron chi connectivity index (χ4n) is 6.99. The molecule has 186 valence electrons. The van der Waals surface area contributed by atoms with Crippen LogP contribution in [0, 0.1) is 29.2 Å². The highest BCUT2D eigenvalue weighted by Crippen LogP contribution is 2.52. The number of fused-ring (bicyclic) bond motifs is 7. The van der Waals surface area contributed by atoms with Gasteiger partial charge in [-0.3, -0.25) is 4.79 Å². The van der Waals surface area contributed by atoms with Gasteiger partial charge in [-0.15, -0.1) is 0 Å². The van der Waals surface area contributed by atoms with Gasteiger partial charge in [0.25, 0.3) is 0 Å². The zero-order valence-corrected chi connectivity index (χ0v) is 20.4. The zero-order valence-electron chi connectivity index (χ0n) is 20.4. The minimum atomic E-state index is -0.786. The minimum absolute atomic E-state index is 0.0521. The molecule has 2 aromatic carbocycles. The molecule has 7 heteroatoms. The minimum Gasteiger partial charge on any atom is -0.469 e. The maximum Gasteiger partial charge on any atom is 0.311 e. The number of nitriles is 1. The van der Waals surface area contributed by atoms with E-state index in [1.54, 1.807) is 0 Å². The topological polar surface area (TPSA) is 98.6 Å². The average Bonchev–Trinajstić information content (AvgIpc) is 3.47. The number of methoxy groups -OCH3 is 1. The molecule has 0 amide bonds. The number of H-pyrrole nitrogens is 1. The van der Waals surface area contributed by atoms with Crippen molar-refractivity contribution in [1.82, 2.24) is 9.88 Å². The van der Waals surface area contributed by atoms with Crippen LogP contribution in [0.1, 0.15) is 41.6 Å². The van der Waals surface area contributed by atoms with Crippen LogP contribution >= 0.6 is 0 Å². The molecule has 0 saturated heterocycles. The van der Waals surface area contributed by atoms with Crippen LogP contribution in [0.15, 0.2) is 48.5 Å². The Labute approximate surface area is 210 Å². The number of nitrogens with one attached hydrogen (secondary N) is 1. The number of carbonyl (C=O) groups excluding carboxylic acids is 1. The van der Waals surface area contributed by atoms with Crippen LogP contribution in [0.2, 0.25) is 0 Å². The Morgan fingerprint density at radius 2 is 2.03 bits per heavy atom. The first-order chi connectivity index (χ1) is 17.6. The molecule has 7 nitrogen and oxygen atoms in total. The molecule has 1 aromatic heterocycles. The molecule has 3 heterocycles. The Hall–Kier alpha value is -3.34. The highest BCUT2D eigenvalue weighted by molar-refractivity contribution is 5.85. The Kier molecular flexibility index (Phi) is 5.74. The third-order valence-corrected chi connectivity index (χ3v) is 8.68. The number of hydrogen-bond acceptors (Lipinski definition) is 6. The summed E-state index contributed by atoms with van der Waals surface area (Å²) in [5, 5.41) is 22.1. The average molecular weight is 486 g/mol. The maximum atomic E-state index is 13.1. The second-order valence-corrected chi connectivity index (χ2v) is 10.4. The number of nitrogens with zero attached hydrogens (tertiary/aromatic N) is 2. The van der Waals surface area contributed by atoms with Gasteiger partial charge in [0.05, 0.1) is 31.4 Å². The molecular formula is C29H31N3O4. The number of aromatic amines is 1. The molecular weight excluding hydrogens is 454 g/mol. The summed E-state index contributed by atoms with van der Waals surface area (Å²) in [5.74, 6) is -1.23. The Morgan fingerprint density at radius 3 is 2.86 bits per heavy atom. The number of rotatable bonds is 1. The SMILES string of the molecule is COC(=O)[C@@H]1[C@H]2CC3(OCc4ccccc43)c3[nH]c4ccccc4c3CCN(C#N)C[C@@H]2CC[C@@H]1O. The first-order valence-corrected chi connectivity index (χ1v) is 12.8. The van der Waals surface area contributed by atoms with Crippen molar-refractivity contribution in [1.29, 1.82) is 5.26 Å². The molecule has 2 aliphatic heterocycles. The number of esters is 1. The quantitative estimate of drug-likeness (QED) is 0.401. The largest absolute Gasteiger partial charge is 0.469 e. The van der Waals surface area contributed by atoms with Crippen molar-refractivity contribution in [3.8, 4) is 6.19 Å². The van der Waals surface area contributed by atoms with E-state index in [1.165, 1.54) is 7.11 Å². The van der Waals surface area contributed by atoms with E-state index in [4.69, 9.17) is 9.47 Å². The summed E-state index contributed by atoms with van der Waals surface area (Å²) in [5.41, 5.74) is 4.63. The number of hydrogen-bond donors (Lipinski definition) is 2. The van der Waals surface area contributed by atoms with E-state index in [0.29, 0.717) is 39.0 Å². The number of aliphatic hydroxyl groups is 1. The van der Waals surface area contributed by atoms with Crippen LogP contribution in [0.25, 0.3) is 10.9 Å². The lowest BCUT2D eigenvalue weighted by atomic mass is 9.64. The van der Waals surface area contributed by atoms with Gasteiger partial charge in [-0.1, -0.05) is 42.5 Å². The van der Waals surface area contributed by atoms with Gasteiger partial charge in [-0.05, 0) is 60.3 Å². The van der Waals surface area contributed by atoms with Gasteiger partial charge < -0.3 is 24.5 Å². The third kappa shape index (κ3) is 3.51. The van der Waals surface area contributed by atoms with Crippen molar-refractivity contribution in [3.63, 3.8) is 0 Å². The molecule has 3 aromatic rings. The summed E-state index contributed by atoms with van der Waals surface area (Å²) >= 11 is 0. The van der Waals surface area contributed by atoms with Crippen molar-refractivity contribution >= 4 is 16.9 Å². The lowest BCUT2D eigenvalue weighted by molar-refractivity contribution is -0.159.